The molecule has 0 unspecified atom stereocenters. The van der Waals surface area contributed by atoms with Gasteiger partial charge in [-0.05, 0) is 37.6 Å². The number of thioether (sulfide) groups is 1. The minimum absolute atomic E-state index is 0.0805. The van der Waals surface area contributed by atoms with Gasteiger partial charge in [-0.2, -0.15) is 0 Å². The number of anilines is 1. The first-order valence-corrected chi connectivity index (χ1v) is 10.9. The Morgan fingerprint density at radius 1 is 1.30 bits per heavy atom. The van der Waals surface area contributed by atoms with Crippen LogP contribution in [-0.4, -0.2) is 35.6 Å². The molecule has 0 aliphatic carbocycles. The first-order valence-electron chi connectivity index (χ1n) is 9.14. The number of hydrogen-bond donors (Lipinski definition) is 2. The minimum atomic E-state index is -0.457. The summed E-state index contributed by atoms with van der Waals surface area (Å²) in [7, 11) is 0. The Hall–Kier alpha value is -1.83. The average Bonchev–Trinajstić information content (AvgIpc) is 3.00. The predicted molar refractivity (Wildman–Crippen MR) is 113 cm³/mol. The highest BCUT2D eigenvalue weighted by Gasteiger charge is 2.27. The molecule has 2 aromatic rings. The van der Waals surface area contributed by atoms with Crippen LogP contribution in [0.2, 0.25) is 0 Å². The fourth-order valence-corrected chi connectivity index (χ4v) is 5.32. The van der Waals surface area contributed by atoms with Gasteiger partial charge in [-0.1, -0.05) is 24.6 Å². The van der Waals surface area contributed by atoms with Crippen molar-refractivity contribution in [2.75, 3.05) is 24.2 Å². The highest BCUT2D eigenvalue weighted by atomic mass is 32.2. The van der Waals surface area contributed by atoms with Crippen molar-refractivity contribution in [3.05, 3.63) is 45.8 Å². The molecule has 3 rings (SSSR count). The SMILES string of the molecule is CCN1CCc2c(sc(NC(=O)CCSc3ccc(C)cc3)c2C(N)=O)C1. The Morgan fingerprint density at radius 2 is 2.04 bits per heavy atom. The van der Waals surface area contributed by atoms with Crippen molar-refractivity contribution in [1.29, 1.82) is 0 Å². The fraction of sp³-hybridized carbons (Fsp3) is 0.400. The molecule has 2 amide bonds. The highest BCUT2D eigenvalue weighted by Crippen LogP contribution is 2.37. The van der Waals surface area contributed by atoms with Crippen molar-refractivity contribution in [1.82, 2.24) is 4.90 Å². The van der Waals surface area contributed by atoms with Crippen molar-refractivity contribution >= 4 is 39.9 Å². The van der Waals surface area contributed by atoms with Gasteiger partial charge in [-0.3, -0.25) is 14.5 Å². The van der Waals surface area contributed by atoms with Gasteiger partial charge in [-0.15, -0.1) is 23.1 Å². The van der Waals surface area contributed by atoms with Crippen LogP contribution in [0.3, 0.4) is 0 Å². The van der Waals surface area contributed by atoms with Gasteiger partial charge in [0.2, 0.25) is 5.91 Å². The number of rotatable bonds is 7. The van der Waals surface area contributed by atoms with Gasteiger partial charge in [0.1, 0.15) is 5.00 Å². The summed E-state index contributed by atoms with van der Waals surface area (Å²) in [6, 6.07) is 8.26. The van der Waals surface area contributed by atoms with E-state index in [1.807, 2.05) is 0 Å². The van der Waals surface area contributed by atoms with Crippen LogP contribution in [0.4, 0.5) is 5.00 Å². The van der Waals surface area contributed by atoms with Crippen LogP contribution in [0, 0.1) is 6.92 Å². The molecule has 0 saturated carbocycles. The zero-order valence-corrected chi connectivity index (χ0v) is 17.3. The van der Waals surface area contributed by atoms with Crippen LogP contribution in [0.15, 0.2) is 29.2 Å². The molecule has 0 fully saturated rings. The number of primary amides is 1. The third kappa shape index (κ3) is 4.91. The number of nitrogens with two attached hydrogens (primary N) is 1. The van der Waals surface area contributed by atoms with E-state index in [9.17, 15) is 9.59 Å². The summed E-state index contributed by atoms with van der Waals surface area (Å²) < 4.78 is 0. The number of hydrogen-bond acceptors (Lipinski definition) is 5. The number of amides is 2. The first kappa shape index (κ1) is 19.9. The smallest absolute Gasteiger partial charge is 0.251 e. The van der Waals surface area contributed by atoms with E-state index >= 15 is 0 Å². The topological polar surface area (TPSA) is 75.4 Å². The maximum absolute atomic E-state index is 12.4. The third-order valence-corrected chi connectivity index (χ3v) is 6.85. The molecule has 0 spiro atoms. The second kappa shape index (κ2) is 8.91. The van der Waals surface area contributed by atoms with Gasteiger partial charge in [0.25, 0.3) is 5.91 Å². The molecule has 1 aliphatic heterocycles. The zero-order chi connectivity index (χ0) is 19.4. The molecule has 0 radical (unpaired) electrons. The Morgan fingerprint density at radius 3 is 2.70 bits per heavy atom. The molecule has 0 atom stereocenters. The summed E-state index contributed by atoms with van der Waals surface area (Å²) in [5, 5.41) is 3.53. The molecule has 0 saturated heterocycles. The number of nitrogens with zero attached hydrogens (tertiary/aromatic N) is 1. The number of nitrogens with one attached hydrogen (secondary N) is 1. The summed E-state index contributed by atoms with van der Waals surface area (Å²) in [6.45, 7) is 6.89. The van der Waals surface area contributed by atoms with Crippen molar-refractivity contribution in [3.63, 3.8) is 0 Å². The van der Waals surface area contributed by atoms with E-state index in [0.717, 1.165) is 41.4 Å². The van der Waals surface area contributed by atoms with Crippen LogP contribution < -0.4 is 11.1 Å². The molecule has 3 N–H and O–H groups in total. The van der Waals surface area contributed by atoms with Crippen LogP contribution >= 0.6 is 23.1 Å². The largest absolute Gasteiger partial charge is 0.365 e. The van der Waals surface area contributed by atoms with Crippen LogP contribution in [0.1, 0.15) is 39.7 Å². The number of aryl methyl sites for hydroxylation is 1. The molecule has 0 bridgehead atoms. The van der Waals surface area contributed by atoms with Crippen molar-refractivity contribution in [3.8, 4) is 0 Å². The number of thiophene rings is 1. The Labute approximate surface area is 168 Å². The van der Waals surface area contributed by atoms with Gasteiger partial charge in [-0.25, -0.2) is 0 Å². The highest BCUT2D eigenvalue weighted by molar-refractivity contribution is 7.99. The molecule has 1 aromatic carbocycles. The number of fused-ring (bicyclic) bond motifs is 1. The fourth-order valence-electron chi connectivity index (χ4n) is 3.16. The van der Waals surface area contributed by atoms with E-state index in [1.165, 1.54) is 16.9 Å². The Kier molecular flexibility index (Phi) is 6.57. The predicted octanol–water partition coefficient (Wildman–Crippen LogP) is 3.65. The van der Waals surface area contributed by atoms with Gasteiger partial charge >= 0.3 is 0 Å². The maximum atomic E-state index is 12.4. The second-order valence-electron chi connectivity index (χ2n) is 6.65. The van der Waals surface area contributed by atoms with E-state index in [1.54, 1.807) is 11.8 Å². The number of carbonyl (C=O) groups excluding carboxylic acids is 2. The van der Waals surface area contributed by atoms with E-state index in [2.05, 4.69) is 48.3 Å². The summed E-state index contributed by atoms with van der Waals surface area (Å²) in [6.07, 6.45) is 1.19. The molecule has 1 aliphatic rings. The summed E-state index contributed by atoms with van der Waals surface area (Å²) >= 11 is 3.14. The normalized spacial score (nSPS) is 14.0. The van der Waals surface area contributed by atoms with E-state index in [4.69, 9.17) is 5.73 Å². The number of carbonyl (C=O) groups is 2. The number of benzene rings is 1. The molecule has 27 heavy (non-hydrogen) atoms. The second-order valence-corrected chi connectivity index (χ2v) is 8.92. The quantitative estimate of drug-likeness (QED) is 0.692. The maximum Gasteiger partial charge on any atom is 0.251 e. The molecular weight excluding hydrogens is 378 g/mol. The molecule has 5 nitrogen and oxygen atoms in total. The summed E-state index contributed by atoms with van der Waals surface area (Å²) in [4.78, 5) is 29.0. The zero-order valence-electron chi connectivity index (χ0n) is 15.7. The molecule has 1 aromatic heterocycles. The Bertz CT molecular complexity index is 830. The van der Waals surface area contributed by atoms with Gasteiger partial charge in [0, 0.05) is 35.0 Å². The van der Waals surface area contributed by atoms with E-state index in [-0.39, 0.29) is 5.91 Å². The summed E-state index contributed by atoms with van der Waals surface area (Å²) in [5.41, 5.74) is 8.35. The monoisotopic (exact) mass is 403 g/mol. The first-order chi connectivity index (χ1) is 13.0. The van der Waals surface area contributed by atoms with Crippen LogP contribution in [0.25, 0.3) is 0 Å². The van der Waals surface area contributed by atoms with Gasteiger partial charge < -0.3 is 11.1 Å². The van der Waals surface area contributed by atoms with Crippen LogP contribution in [0.5, 0.6) is 0 Å². The van der Waals surface area contributed by atoms with Crippen molar-refractivity contribution < 1.29 is 9.59 Å². The van der Waals surface area contributed by atoms with Crippen LogP contribution in [-0.2, 0) is 17.8 Å². The lowest BCUT2D eigenvalue weighted by Gasteiger charge is -2.25. The Balaban J connectivity index is 1.62. The molecular formula is C20H25N3O2S2. The number of likely N-dealkylation sites (N-methyl/N-ethyl adjacent to an activating group) is 1. The standard InChI is InChI=1S/C20H25N3O2S2/c1-3-23-10-8-15-16(12-23)27-20(18(15)19(21)25)22-17(24)9-11-26-14-6-4-13(2)5-7-14/h4-7H,3,8-12H2,1-2H3,(H2,21,25)(H,22,24). The lowest BCUT2D eigenvalue weighted by molar-refractivity contribution is -0.115. The minimum Gasteiger partial charge on any atom is -0.365 e. The van der Waals surface area contributed by atoms with Gasteiger partial charge in [0.05, 0.1) is 5.56 Å². The van der Waals surface area contributed by atoms with Crippen molar-refractivity contribution in [2.45, 2.75) is 38.1 Å². The summed E-state index contributed by atoms with van der Waals surface area (Å²) in [5.74, 6) is 0.153. The average molecular weight is 404 g/mol. The van der Waals surface area contributed by atoms with Gasteiger partial charge in [0.15, 0.2) is 0 Å². The lowest BCUT2D eigenvalue weighted by atomic mass is 10.0. The third-order valence-electron chi connectivity index (χ3n) is 4.70. The van der Waals surface area contributed by atoms with Crippen molar-refractivity contribution in [2.24, 2.45) is 5.73 Å². The van der Waals surface area contributed by atoms with E-state index in [0.29, 0.717) is 22.7 Å². The molecule has 144 valence electrons. The van der Waals surface area contributed by atoms with E-state index < -0.39 is 5.91 Å². The molecule has 7 heteroatoms. The lowest BCUT2D eigenvalue weighted by Crippen LogP contribution is -2.30. The molecule has 2 heterocycles.